The lowest BCUT2D eigenvalue weighted by molar-refractivity contribution is 0.554. The van der Waals surface area contributed by atoms with Gasteiger partial charge in [0.1, 0.15) is 5.82 Å². The molecule has 0 unspecified atom stereocenters. The van der Waals surface area contributed by atoms with Gasteiger partial charge in [-0.05, 0) is 87.5 Å². The molecule has 0 atom stereocenters. The van der Waals surface area contributed by atoms with Gasteiger partial charge < -0.3 is 4.42 Å². The Morgan fingerprint density at radius 1 is 0.733 bits per heavy atom. The molecular formula is C38H26IN5O. The van der Waals surface area contributed by atoms with Gasteiger partial charge in [-0.15, -0.1) is 10.2 Å². The summed E-state index contributed by atoms with van der Waals surface area (Å²) in [6.45, 7) is 3.89. The van der Waals surface area contributed by atoms with Gasteiger partial charge in [0.25, 0.3) is 0 Å². The molecule has 0 bridgehead atoms. The molecule has 0 aliphatic heterocycles. The molecule has 0 spiro atoms. The number of rotatable bonds is 8. The molecule has 0 saturated heterocycles. The smallest absolute Gasteiger partial charge is 0.248 e. The topological polar surface area (TPSA) is 69.6 Å². The molecule has 6 nitrogen and oxygen atoms in total. The Labute approximate surface area is 274 Å². The van der Waals surface area contributed by atoms with Crippen LogP contribution in [0.5, 0.6) is 0 Å². The minimum Gasteiger partial charge on any atom is -0.416 e. The summed E-state index contributed by atoms with van der Waals surface area (Å²) in [6, 6.07) is 37.3. The molecule has 7 rings (SSSR count). The predicted molar refractivity (Wildman–Crippen MR) is 190 cm³/mol. The highest BCUT2D eigenvalue weighted by Gasteiger charge is 2.17. The van der Waals surface area contributed by atoms with Gasteiger partial charge in [-0.25, -0.2) is 4.98 Å². The number of nitrogens with zero attached hydrogens (tertiary/aromatic N) is 5. The second kappa shape index (κ2) is 12.7. The zero-order chi connectivity index (χ0) is 30.6. The Hall–Kier alpha value is -5.41. The summed E-state index contributed by atoms with van der Waals surface area (Å²) in [7, 11) is 0. The van der Waals surface area contributed by atoms with Crippen LogP contribution in [-0.4, -0.2) is 24.7 Å². The molecule has 3 aromatic heterocycles. The Morgan fingerprint density at radius 3 is 2.27 bits per heavy atom. The zero-order valence-corrected chi connectivity index (χ0v) is 26.2. The maximum atomic E-state index is 6.08. The van der Waals surface area contributed by atoms with Crippen LogP contribution in [0, 0.1) is 0 Å². The van der Waals surface area contributed by atoms with Gasteiger partial charge in [-0.1, -0.05) is 89.9 Å². The number of para-hydroxylation sites is 3. The van der Waals surface area contributed by atoms with Gasteiger partial charge in [0.15, 0.2) is 0 Å². The van der Waals surface area contributed by atoms with Crippen LogP contribution >= 0.6 is 22.6 Å². The van der Waals surface area contributed by atoms with Crippen molar-refractivity contribution >= 4 is 39.2 Å². The molecule has 0 amide bonds. The quantitative estimate of drug-likeness (QED) is 0.117. The lowest BCUT2D eigenvalue weighted by Crippen LogP contribution is -1.98. The molecule has 0 aliphatic rings. The monoisotopic (exact) mass is 695 g/mol. The average molecular weight is 696 g/mol. The van der Waals surface area contributed by atoms with Crippen molar-refractivity contribution in [2.45, 2.75) is 0 Å². The number of halogens is 1. The molecule has 3 heterocycles. The number of imidazole rings is 1. The van der Waals surface area contributed by atoms with Gasteiger partial charge in [-0.2, -0.15) is 0 Å². The van der Waals surface area contributed by atoms with E-state index in [1.807, 2.05) is 71.0 Å². The van der Waals surface area contributed by atoms with Crippen molar-refractivity contribution in [3.63, 3.8) is 0 Å². The standard InChI is InChI=1S/C38H26IN5O/c1-2-26(13-9-19-39)37-42-43-38(45-37)28-12-8-11-27(21-28)30-22-31(29-14-10-20-40-25-29)24-32(23-30)36-41-34-17-6-7-18-35(34)44(36)33-15-4-3-5-16-33/h2-25H,1H2/b19-9-,26-13+. The fourth-order valence-electron chi connectivity index (χ4n) is 5.34. The largest absolute Gasteiger partial charge is 0.416 e. The van der Waals surface area contributed by atoms with Crippen molar-refractivity contribution in [3.8, 4) is 50.8 Å². The third-order valence-electron chi connectivity index (χ3n) is 7.44. The van der Waals surface area contributed by atoms with Crippen molar-refractivity contribution in [3.05, 3.63) is 156 Å². The van der Waals surface area contributed by atoms with Crippen LogP contribution in [0.1, 0.15) is 5.89 Å². The fraction of sp³-hybridized carbons (Fsp3) is 0. The van der Waals surface area contributed by atoms with E-state index in [1.54, 1.807) is 12.3 Å². The van der Waals surface area contributed by atoms with E-state index in [9.17, 15) is 0 Å². The predicted octanol–water partition coefficient (Wildman–Crippen LogP) is 9.99. The number of fused-ring (bicyclic) bond motifs is 1. The zero-order valence-electron chi connectivity index (χ0n) is 24.1. The number of benzene rings is 4. The molecule has 0 aliphatic carbocycles. The summed E-state index contributed by atoms with van der Waals surface area (Å²) in [5.74, 6) is 1.71. The minimum atomic E-state index is 0.417. The van der Waals surface area contributed by atoms with E-state index in [1.165, 1.54) is 0 Å². The van der Waals surface area contributed by atoms with Crippen molar-refractivity contribution in [2.75, 3.05) is 0 Å². The van der Waals surface area contributed by atoms with Crippen LogP contribution in [0.4, 0.5) is 0 Å². The molecule has 0 N–H and O–H groups in total. The molecule has 216 valence electrons. The highest BCUT2D eigenvalue weighted by atomic mass is 127. The first-order chi connectivity index (χ1) is 22.2. The van der Waals surface area contributed by atoms with Crippen molar-refractivity contribution in [1.29, 1.82) is 0 Å². The summed E-state index contributed by atoms with van der Waals surface area (Å²) in [6.07, 6.45) is 9.18. The normalized spacial score (nSPS) is 11.8. The Morgan fingerprint density at radius 2 is 1.47 bits per heavy atom. The third kappa shape index (κ3) is 5.77. The summed E-state index contributed by atoms with van der Waals surface area (Å²) >= 11 is 2.16. The second-order valence-corrected chi connectivity index (χ2v) is 11.0. The van der Waals surface area contributed by atoms with E-state index in [-0.39, 0.29) is 0 Å². The molecule has 0 radical (unpaired) electrons. The van der Waals surface area contributed by atoms with E-state index in [2.05, 4.69) is 110 Å². The molecule has 7 aromatic rings. The molecule has 45 heavy (non-hydrogen) atoms. The van der Waals surface area contributed by atoms with Crippen molar-refractivity contribution < 1.29 is 4.42 Å². The number of hydrogen-bond donors (Lipinski definition) is 0. The summed E-state index contributed by atoms with van der Waals surface area (Å²) in [5.41, 5.74) is 9.68. The molecule has 0 saturated carbocycles. The van der Waals surface area contributed by atoms with Crippen LogP contribution in [0.2, 0.25) is 0 Å². The maximum absolute atomic E-state index is 6.08. The van der Waals surface area contributed by atoms with E-state index < -0.39 is 0 Å². The van der Waals surface area contributed by atoms with Gasteiger partial charge in [-0.3, -0.25) is 9.55 Å². The van der Waals surface area contributed by atoms with Crippen LogP contribution in [0.25, 0.3) is 67.4 Å². The number of aromatic nitrogens is 5. The van der Waals surface area contributed by atoms with Crippen molar-refractivity contribution in [1.82, 2.24) is 24.7 Å². The maximum Gasteiger partial charge on any atom is 0.248 e. The number of allylic oxidation sites excluding steroid dienone is 4. The van der Waals surface area contributed by atoms with Crippen molar-refractivity contribution in [2.24, 2.45) is 0 Å². The summed E-state index contributed by atoms with van der Waals surface area (Å²) < 4.78 is 10.2. The Balaban J connectivity index is 1.39. The Kier molecular flexibility index (Phi) is 7.99. The van der Waals surface area contributed by atoms with Crippen LogP contribution in [0.15, 0.2) is 155 Å². The highest BCUT2D eigenvalue weighted by molar-refractivity contribution is 14.1. The van der Waals surface area contributed by atoms with Gasteiger partial charge in [0.2, 0.25) is 11.8 Å². The molecule has 0 fully saturated rings. The lowest BCUT2D eigenvalue weighted by atomic mass is 9.95. The van der Waals surface area contributed by atoms with E-state index in [4.69, 9.17) is 9.40 Å². The summed E-state index contributed by atoms with van der Waals surface area (Å²) in [5, 5.41) is 8.62. The summed E-state index contributed by atoms with van der Waals surface area (Å²) in [4.78, 5) is 9.53. The first kappa shape index (κ1) is 28.4. The van der Waals surface area contributed by atoms with Gasteiger partial charge >= 0.3 is 0 Å². The van der Waals surface area contributed by atoms with Crippen LogP contribution in [-0.2, 0) is 0 Å². The molecule has 4 aromatic carbocycles. The Bertz CT molecular complexity index is 2200. The molecular weight excluding hydrogens is 669 g/mol. The van der Waals surface area contributed by atoms with E-state index in [0.29, 0.717) is 11.8 Å². The average Bonchev–Trinajstić information content (AvgIpc) is 3.75. The van der Waals surface area contributed by atoms with Gasteiger partial charge in [0.05, 0.1) is 11.0 Å². The first-order valence-electron chi connectivity index (χ1n) is 14.3. The van der Waals surface area contributed by atoms with E-state index in [0.717, 1.165) is 61.5 Å². The minimum absolute atomic E-state index is 0.417. The SMILES string of the molecule is C=C/C(=C\C=C/I)c1nnc(-c2cccc(-c3cc(-c4cccnc4)cc(-c4nc5ccccc5n4-c4ccccc4)c3)c2)o1. The van der Waals surface area contributed by atoms with Crippen LogP contribution in [0.3, 0.4) is 0 Å². The fourth-order valence-corrected chi connectivity index (χ4v) is 5.54. The van der Waals surface area contributed by atoms with E-state index >= 15 is 0 Å². The number of hydrogen-bond acceptors (Lipinski definition) is 5. The molecule has 7 heteroatoms. The second-order valence-electron chi connectivity index (χ2n) is 10.3. The lowest BCUT2D eigenvalue weighted by Gasteiger charge is -2.13. The third-order valence-corrected chi connectivity index (χ3v) is 7.86. The highest BCUT2D eigenvalue weighted by Crippen LogP contribution is 2.36. The number of pyridine rings is 1. The van der Waals surface area contributed by atoms with Gasteiger partial charge in [0, 0.05) is 40.3 Å². The first-order valence-corrected chi connectivity index (χ1v) is 15.6. The van der Waals surface area contributed by atoms with Crippen LogP contribution < -0.4 is 0 Å².